The number of carbonyl (C=O) groups is 1. The fourth-order valence-corrected chi connectivity index (χ4v) is 3.37. The van der Waals surface area contributed by atoms with Crippen LogP contribution >= 0.6 is 0 Å². The van der Waals surface area contributed by atoms with Crippen LogP contribution in [-0.4, -0.2) is 34.3 Å². The first-order valence-electron chi connectivity index (χ1n) is 8.05. The largest absolute Gasteiger partial charge is 0.376 e. The van der Waals surface area contributed by atoms with Crippen LogP contribution in [0.25, 0.3) is 0 Å². The Morgan fingerprint density at radius 1 is 1.42 bits per heavy atom. The molecule has 0 radical (unpaired) electrons. The van der Waals surface area contributed by atoms with Crippen LogP contribution in [0.3, 0.4) is 0 Å². The molecule has 7 nitrogen and oxygen atoms in total. The molecule has 1 aromatic carbocycles. The van der Waals surface area contributed by atoms with Crippen LogP contribution in [0.5, 0.6) is 0 Å². The molecular formula is C17H22N4O3. The van der Waals surface area contributed by atoms with E-state index in [0.29, 0.717) is 6.54 Å². The number of hydrogen-bond donors (Lipinski definition) is 2. The Morgan fingerprint density at radius 3 is 2.62 bits per heavy atom. The Bertz CT molecular complexity index is 762. The van der Waals surface area contributed by atoms with Crippen molar-refractivity contribution in [2.45, 2.75) is 25.4 Å². The van der Waals surface area contributed by atoms with Crippen LogP contribution in [0.4, 0.5) is 0 Å². The van der Waals surface area contributed by atoms with E-state index in [2.05, 4.69) is 15.4 Å². The SMILES string of the molecule is COC(c1ccccc1)C1(CNC(=O)c2nn(C)c(=O)[nH]2)CCC1. The van der Waals surface area contributed by atoms with Crippen molar-refractivity contribution in [1.29, 1.82) is 0 Å². The molecule has 2 aromatic rings. The van der Waals surface area contributed by atoms with E-state index in [0.717, 1.165) is 29.5 Å². The Labute approximate surface area is 140 Å². The van der Waals surface area contributed by atoms with Gasteiger partial charge in [0.25, 0.3) is 5.91 Å². The van der Waals surface area contributed by atoms with Gasteiger partial charge in [0.2, 0.25) is 5.82 Å². The van der Waals surface area contributed by atoms with E-state index in [4.69, 9.17) is 4.74 Å². The quantitative estimate of drug-likeness (QED) is 0.838. The minimum absolute atomic E-state index is 0.0330. The van der Waals surface area contributed by atoms with Crippen LogP contribution in [-0.2, 0) is 11.8 Å². The van der Waals surface area contributed by atoms with Gasteiger partial charge in [0.05, 0.1) is 6.10 Å². The molecule has 1 saturated carbocycles. The van der Waals surface area contributed by atoms with Gasteiger partial charge in [-0.3, -0.25) is 9.78 Å². The molecule has 1 amide bonds. The van der Waals surface area contributed by atoms with Gasteiger partial charge in [-0.2, -0.15) is 0 Å². The standard InChI is InChI=1S/C17H22N4O3/c1-21-16(23)19-14(20-21)15(22)18-11-17(9-6-10-17)13(24-2)12-7-4-3-5-8-12/h3-5,7-8,13H,6,9-11H2,1-2H3,(H,18,22)(H,19,20,23). The molecule has 0 spiro atoms. The van der Waals surface area contributed by atoms with Crippen molar-refractivity contribution >= 4 is 5.91 Å². The molecule has 1 unspecified atom stereocenters. The van der Waals surface area contributed by atoms with Gasteiger partial charge in [-0.05, 0) is 18.4 Å². The average molecular weight is 330 g/mol. The third kappa shape index (κ3) is 2.99. The third-order valence-corrected chi connectivity index (χ3v) is 4.83. The molecule has 1 aliphatic carbocycles. The van der Waals surface area contributed by atoms with E-state index < -0.39 is 5.69 Å². The normalized spacial score (nSPS) is 17.1. The molecule has 24 heavy (non-hydrogen) atoms. The second kappa shape index (κ2) is 6.60. The van der Waals surface area contributed by atoms with Gasteiger partial charge in [-0.1, -0.05) is 36.8 Å². The smallest absolute Gasteiger partial charge is 0.343 e. The summed E-state index contributed by atoms with van der Waals surface area (Å²) in [6, 6.07) is 10.1. The molecule has 2 N–H and O–H groups in total. The van der Waals surface area contributed by atoms with E-state index in [1.54, 1.807) is 7.11 Å². The number of aromatic amines is 1. The average Bonchev–Trinajstić information content (AvgIpc) is 2.89. The molecule has 0 aliphatic heterocycles. The molecule has 1 atom stereocenters. The number of aromatic nitrogens is 3. The second-order valence-corrected chi connectivity index (χ2v) is 6.33. The number of methoxy groups -OCH3 is 1. The summed E-state index contributed by atoms with van der Waals surface area (Å²) < 4.78 is 6.88. The Hall–Kier alpha value is -2.41. The number of nitrogens with zero attached hydrogens (tertiary/aromatic N) is 2. The Kier molecular flexibility index (Phi) is 4.53. The Morgan fingerprint density at radius 2 is 2.12 bits per heavy atom. The van der Waals surface area contributed by atoms with Crippen LogP contribution in [0, 0.1) is 5.41 Å². The van der Waals surface area contributed by atoms with Gasteiger partial charge in [0.15, 0.2) is 0 Å². The summed E-state index contributed by atoms with van der Waals surface area (Å²) in [5.41, 5.74) is 0.582. The van der Waals surface area contributed by atoms with Crippen LogP contribution in [0.1, 0.15) is 41.5 Å². The maximum Gasteiger partial charge on any atom is 0.343 e. The highest BCUT2D eigenvalue weighted by Crippen LogP contribution is 2.51. The molecule has 0 bridgehead atoms. The molecule has 0 saturated heterocycles. The van der Waals surface area contributed by atoms with Gasteiger partial charge >= 0.3 is 5.69 Å². The van der Waals surface area contributed by atoms with Crippen molar-refractivity contribution in [2.24, 2.45) is 12.5 Å². The fourth-order valence-electron chi connectivity index (χ4n) is 3.37. The summed E-state index contributed by atoms with van der Waals surface area (Å²) >= 11 is 0. The minimum atomic E-state index is -0.405. The number of ether oxygens (including phenoxy) is 1. The number of aryl methyl sites for hydroxylation is 1. The van der Waals surface area contributed by atoms with Crippen molar-refractivity contribution in [3.63, 3.8) is 0 Å². The number of amides is 1. The van der Waals surface area contributed by atoms with Crippen molar-refractivity contribution in [3.8, 4) is 0 Å². The summed E-state index contributed by atoms with van der Waals surface area (Å²) in [5.74, 6) is -0.340. The predicted molar refractivity (Wildman–Crippen MR) is 88.6 cm³/mol. The minimum Gasteiger partial charge on any atom is -0.376 e. The first-order chi connectivity index (χ1) is 11.6. The maximum absolute atomic E-state index is 12.2. The first kappa shape index (κ1) is 16.4. The lowest BCUT2D eigenvalue weighted by Gasteiger charge is -2.47. The second-order valence-electron chi connectivity index (χ2n) is 6.33. The summed E-state index contributed by atoms with van der Waals surface area (Å²) in [6.45, 7) is 0.484. The molecule has 3 rings (SSSR count). The van der Waals surface area contributed by atoms with E-state index in [1.165, 1.54) is 7.05 Å². The number of H-pyrrole nitrogens is 1. The number of hydrogen-bond acceptors (Lipinski definition) is 4. The van der Waals surface area contributed by atoms with Gasteiger partial charge < -0.3 is 10.1 Å². The van der Waals surface area contributed by atoms with Crippen LogP contribution in [0.2, 0.25) is 0 Å². The lowest BCUT2D eigenvalue weighted by atomic mass is 9.63. The first-order valence-corrected chi connectivity index (χ1v) is 8.05. The fraction of sp³-hybridized carbons (Fsp3) is 0.471. The molecule has 1 heterocycles. The van der Waals surface area contributed by atoms with Gasteiger partial charge in [0, 0.05) is 26.1 Å². The lowest BCUT2D eigenvalue weighted by Crippen LogP contribution is -2.47. The summed E-state index contributed by atoms with van der Waals surface area (Å²) in [4.78, 5) is 26.1. The molecular weight excluding hydrogens is 308 g/mol. The van der Waals surface area contributed by atoms with Crippen molar-refractivity contribution in [1.82, 2.24) is 20.1 Å². The van der Waals surface area contributed by atoms with Gasteiger partial charge in [0.1, 0.15) is 0 Å². The van der Waals surface area contributed by atoms with E-state index >= 15 is 0 Å². The number of rotatable bonds is 6. The molecule has 1 aliphatic rings. The number of carbonyl (C=O) groups excluding carboxylic acids is 1. The van der Waals surface area contributed by atoms with Crippen molar-refractivity contribution in [2.75, 3.05) is 13.7 Å². The zero-order chi connectivity index (χ0) is 17.2. The highest BCUT2D eigenvalue weighted by Gasteiger charge is 2.45. The van der Waals surface area contributed by atoms with E-state index in [9.17, 15) is 9.59 Å². The van der Waals surface area contributed by atoms with Gasteiger partial charge in [-0.15, -0.1) is 5.10 Å². The summed E-state index contributed by atoms with van der Waals surface area (Å²) in [6.07, 6.45) is 3.01. The molecule has 1 fully saturated rings. The van der Waals surface area contributed by atoms with Crippen LogP contribution in [0.15, 0.2) is 35.1 Å². The van der Waals surface area contributed by atoms with Crippen LogP contribution < -0.4 is 11.0 Å². The number of benzene rings is 1. The molecule has 1 aromatic heterocycles. The summed E-state index contributed by atoms with van der Waals surface area (Å²) in [5, 5.41) is 6.79. The lowest BCUT2D eigenvalue weighted by molar-refractivity contribution is -0.0613. The molecule has 128 valence electrons. The Balaban J connectivity index is 1.73. The number of nitrogens with one attached hydrogen (secondary N) is 2. The zero-order valence-corrected chi connectivity index (χ0v) is 13.9. The monoisotopic (exact) mass is 330 g/mol. The van der Waals surface area contributed by atoms with E-state index in [1.807, 2.05) is 30.3 Å². The molecule has 7 heteroatoms. The summed E-state index contributed by atoms with van der Waals surface area (Å²) in [7, 11) is 3.20. The highest BCUT2D eigenvalue weighted by atomic mass is 16.5. The van der Waals surface area contributed by atoms with Gasteiger partial charge in [-0.25, -0.2) is 9.48 Å². The van der Waals surface area contributed by atoms with Crippen molar-refractivity contribution in [3.05, 3.63) is 52.2 Å². The van der Waals surface area contributed by atoms with Crippen molar-refractivity contribution < 1.29 is 9.53 Å². The topological polar surface area (TPSA) is 89.0 Å². The maximum atomic E-state index is 12.2. The zero-order valence-electron chi connectivity index (χ0n) is 13.9. The third-order valence-electron chi connectivity index (χ3n) is 4.83. The highest BCUT2D eigenvalue weighted by molar-refractivity contribution is 5.90. The predicted octanol–water partition coefficient (Wildman–Crippen LogP) is 1.40. The van der Waals surface area contributed by atoms with E-state index in [-0.39, 0.29) is 23.3 Å².